The van der Waals surface area contributed by atoms with E-state index >= 15 is 0 Å². The smallest absolute Gasteiger partial charge is 0.271 e. The van der Waals surface area contributed by atoms with Crippen molar-refractivity contribution in [1.82, 2.24) is 14.9 Å². The van der Waals surface area contributed by atoms with Crippen molar-refractivity contribution >= 4 is 26.5 Å². The number of hydrogen-bond acceptors (Lipinski definition) is 6. The van der Waals surface area contributed by atoms with E-state index in [4.69, 9.17) is 12.2 Å². The van der Waals surface area contributed by atoms with Crippen LogP contribution < -0.4 is 10.5 Å². The van der Waals surface area contributed by atoms with Crippen molar-refractivity contribution in [1.29, 1.82) is 0 Å². The molecule has 0 spiro atoms. The molecule has 0 saturated heterocycles. The average molecular weight is 246 g/mol. The molecule has 15 heavy (non-hydrogen) atoms. The molecule has 0 saturated carbocycles. The second-order valence-corrected chi connectivity index (χ2v) is 6.15. The van der Waals surface area contributed by atoms with Gasteiger partial charge in [0, 0.05) is 0 Å². The molecule has 0 amide bonds. The predicted molar refractivity (Wildman–Crippen MR) is 57.6 cm³/mol. The van der Waals surface area contributed by atoms with Crippen LogP contribution in [0.4, 0.5) is 5.13 Å². The Morgan fingerprint density at radius 2 is 2.13 bits per heavy atom. The molecule has 3 N–H and O–H groups in total. The number of anilines is 1. The predicted octanol–water partition coefficient (Wildman–Crippen LogP) is -0.190. The number of nitrogens with two attached hydrogens (primary N) is 1. The number of aromatic nitrogens is 2. The first-order valence-corrected chi connectivity index (χ1v) is 6.17. The number of terminal acetylenes is 1. The lowest BCUT2D eigenvalue weighted by Crippen LogP contribution is -2.41. The molecule has 0 radical (unpaired) electrons. The lowest BCUT2D eigenvalue weighted by atomic mass is 10.1. The summed E-state index contributed by atoms with van der Waals surface area (Å²) < 4.78 is 25.4. The first kappa shape index (κ1) is 11.9. The monoisotopic (exact) mass is 246 g/mol. The summed E-state index contributed by atoms with van der Waals surface area (Å²) in [6.07, 6.45) is 5.16. The highest BCUT2D eigenvalue weighted by atomic mass is 32.2. The highest BCUT2D eigenvalue weighted by Crippen LogP contribution is 2.18. The van der Waals surface area contributed by atoms with E-state index in [1.807, 2.05) is 0 Å². The number of nitrogens with one attached hydrogen (secondary N) is 1. The summed E-state index contributed by atoms with van der Waals surface area (Å²) in [6, 6.07) is 0. The molecule has 1 aromatic heterocycles. The quantitative estimate of drug-likeness (QED) is 0.720. The topological polar surface area (TPSA) is 98.0 Å². The molecule has 0 aliphatic carbocycles. The first-order valence-electron chi connectivity index (χ1n) is 3.87. The highest BCUT2D eigenvalue weighted by Gasteiger charge is 2.27. The summed E-state index contributed by atoms with van der Waals surface area (Å²) in [5.41, 5.74) is 4.31. The molecular formula is C7H10N4O2S2. The van der Waals surface area contributed by atoms with Gasteiger partial charge in [-0.05, 0) is 13.8 Å². The van der Waals surface area contributed by atoms with E-state index in [-0.39, 0.29) is 9.47 Å². The summed E-state index contributed by atoms with van der Waals surface area (Å²) in [5, 5.41) is 6.94. The third kappa shape index (κ3) is 2.89. The molecule has 8 heteroatoms. The number of nitrogen functional groups attached to an aromatic ring is 1. The fraction of sp³-hybridized carbons (Fsp3) is 0.429. The third-order valence-corrected chi connectivity index (χ3v) is 4.18. The molecule has 0 aliphatic rings. The maximum absolute atomic E-state index is 11.7. The third-order valence-electron chi connectivity index (χ3n) is 1.40. The van der Waals surface area contributed by atoms with Crippen molar-refractivity contribution < 1.29 is 8.42 Å². The lowest BCUT2D eigenvalue weighted by molar-refractivity contribution is 0.537. The summed E-state index contributed by atoms with van der Waals surface area (Å²) in [4.78, 5) is 0. The second-order valence-electron chi connectivity index (χ2n) is 3.28. The molecular weight excluding hydrogens is 236 g/mol. The minimum absolute atomic E-state index is 0.0916. The van der Waals surface area contributed by atoms with Gasteiger partial charge >= 0.3 is 0 Å². The number of hydrogen-bond donors (Lipinski definition) is 2. The molecule has 0 aliphatic heterocycles. The maximum atomic E-state index is 11.7. The van der Waals surface area contributed by atoms with Crippen molar-refractivity contribution in [3.63, 3.8) is 0 Å². The van der Waals surface area contributed by atoms with E-state index in [1.54, 1.807) is 13.8 Å². The van der Waals surface area contributed by atoms with Gasteiger partial charge in [0.2, 0.25) is 9.47 Å². The number of sulfonamides is 1. The van der Waals surface area contributed by atoms with E-state index in [0.717, 1.165) is 11.3 Å². The normalized spacial score (nSPS) is 12.3. The Hall–Kier alpha value is -1.17. The van der Waals surface area contributed by atoms with Crippen molar-refractivity contribution in [3.05, 3.63) is 0 Å². The zero-order chi connectivity index (χ0) is 11.7. The lowest BCUT2D eigenvalue weighted by Gasteiger charge is -2.17. The van der Waals surface area contributed by atoms with Gasteiger partial charge in [0.15, 0.2) is 0 Å². The van der Waals surface area contributed by atoms with Crippen molar-refractivity contribution in [2.45, 2.75) is 23.7 Å². The van der Waals surface area contributed by atoms with Gasteiger partial charge in [0.05, 0.1) is 5.54 Å². The second kappa shape index (κ2) is 3.77. The van der Waals surface area contributed by atoms with Gasteiger partial charge < -0.3 is 5.73 Å². The van der Waals surface area contributed by atoms with E-state index in [0.29, 0.717) is 0 Å². The Bertz CT molecular complexity index is 497. The van der Waals surface area contributed by atoms with Crippen LogP contribution in [-0.4, -0.2) is 24.2 Å². The van der Waals surface area contributed by atoms with Crippen LogP contribution in [0.1, 0.15) is 13.8 Å². The zero-order valence-electron chi connectivity index (χ0n) is 8.18. The van der Waals surface area contributed by atoms with Gasteiger partial charge in [0.1, 0.15) is 0 Å². The summed E-state index contributed by atoms with van der Waals surface area (Å²) in [6.45, 7) is 3.13. The Balaban J connectivity index is 3.01. The largest absolute Gasteiger partial charge is 0.374 e. The van der Waals surface area contributed by atoms with E-state index in [9.17, 15) is 8.42 Å². The van der Waals surface area contributed by atoms with Crippen LogP contribution in [0.3, 0.4) is 0 Å². The van der Waals surface area contributed by atoms with Gasteiger partial charge in [-0.15, -0.1) is 16.6 Å². The molecule has 1 aromatic rings. The highest BCUT2D eigenvalue weighted by molar-refractivity contribution is 7.91. The Morgan fingerprint density at radius 1 is 1.53 bits per heavy atom. The molecule has 82 valence electrons. The van der Waals surface area contributed by atoms with Crippen LogP contribution >= 0.6 is 11.3 Å². The van der Waals surface area contributed by atoms with Gasteiger partial charge in [-0.1, -0.05) is 17.3 Å². The number of rotatable bonds is 3. The van der Waals surface area contributed by atoms with Crippen LogP contribution in [0.15, 0.2) is 4.34 Å². The van der Waals surface area contributed by atoms with Gasteiger partial charge in [-0.3, -0.25) is 0 Å². The Labute approximate surface area is 92.0 Å². The fourth-order valence-corrected chi connectivity index (χ4v) is 2.87. The maximum Gasteiger partial charge on any atom is 0.271 e. The molecule has 1 rings (SSSR count). The molecule has 1 heterocycles. The van der Waals surface area contributed by atoms with Crippen LogP contribution in [0, 0.1) is 12.3 Å². The summed E-state index contributed by atoms with van der Waals surface area (Å²) in [5.74, 6) is 2.31. The van der Waals surface area contributed by atoms with Crippen LogP contribution in [0.5, 0.6) is 0 Å². The Kier molecular flexibility index (Phi) is 2.99. The average Bonchev–Trinajstić information content (AvgIpc) is 2.51. The van der Waals surface area contributed by atoms with Crippen molar-refractivity contribution in [3.8, 4) is 12.3 Å². The molecule has 0 bridgehead atoms. The molecule has 0 unspecified atom stereocenters. The van der Waals surface area contributed by atoms with Crippen LogP contribution in [0.25, 0.3) is 0 Å². The van der Waals surface area contributed by atoms with Gasteiger partial charge in [-0.25, -0.2) is 8.42 Å². The summed E-state index contributed by atoms with van der Waals surface area (Å²) in [7, 11) is -3.74. The van der Waals surface area contributed by atoms with Gasteiger partial charge in [0.25, 0.3) is 10.0 Å². The van der Waals surface area contributed by atoms with Crippen molar-refractivity contribution in [2.24, 2.45) is 0 Å². The first-order chi connectivity index (χ1) is 6.77. The molecule has 0 atom stereocenters. The van der Waals surface area contributed by atoms with Crippen LogP contribution in [-0.2, 0) is 10.0 Å². The van der Waals surface area contributed by atoms with E-state index < -0.39 is 15.6 Å². The fourth-order valence-electron chi connectivity index (χ4n) is 0.738. The van der Waals surface area contributed by atoms with E-state index in [2.05, 4.69) is 20.8 Å². The zero-order valence-corrected chi connectivity index (χ0v) is 9.82. The molecule has 6 nitrogen and oxygen atoms in total. The van der Waals surface area contributed by atoms with Crippen molar-refractivity contribution in [2.75, 3.05) is 5.73 Å². The minimum Gasteiger partial charge on any atom is -0.374 e. The number of nitrogens with zero attached hydrogens (tertiary/aromatic N) is 2. The van der Waals surface area contributed by atoms with E-state index in [1.165, 1.54) is 0 Å². The van der Waals surface area contributed by atoms with Crippen LogP contribution in [0.2, 0.25) is 0 Å². The summed E-state index contributed by atoms with van der Waals surface area (Å²) >= 11 is 0.782. The standard InChI is InChI=1S/C7H10N4O2S2/c1-4-7(2,3)11-15(12,13)6-10-9-5(8)14-6/h1,11H,2-3H3,(H2,8,9). The Morgan fingerprint density at radius 3 is 2.53 bits per heavy atom. The van der Waals surface area contributed by atoms with Gasteiger partial charge in [-0.2, -0.15) is 4.72 Å². The molecule has 0 fully saturated rings. The minimum atomic E-state index is -3.74. The SMILES string of the molecule is C#CC(C)(C)NS(=O)(=O)c1nnc(N)s1. The molecule has 0 aromatic carbocycles.